The fourth-order valence-electron chi connectivity index (χ4n) is 3.33. The molecule has 0 saturated carbocycles. The van der Waals surface area contributed by atoms with Gasteiger partial charge in [0.15, 0.2) is 0 Å². The van der Waals surface area contributed by atoms with E-state index >= 15 is 0 Å². The molecule has 1 unspecified atom stereocenters. The fraction of sp³-hybridized carbons (Fsp3) is 0.250. The van der Waals surface area contributed by atoms with Crippen molar-refractivity contribution in [3.63, 3.8) is 0 Å². The first kappa shape index (κ1) is 16.3. The third-order valence-corrected chi connectivity index (χ3v) is 4.68. The summed E-state index contributed by atoms with van der Waals surface area (Å²) in [5.74, 6) is 0.236. The molecule has 1 aromatic heterocycles. The van der Waals surface area contributed by atoms with Gasteiger partial charge in [-0.3, -0.25) is 9.59 Å². The molecule has 132 valence electrons. The minimum Gasteiger partial charge on any atom is -0.349 e. The Kier molecular flexibility index (Phi) is 4.16. The smallest absolute Gasteiger partial charge is 0.227 e. The number of fused-ring (bicyclic) bond motifs is 1. The standard InChI is InChI=1S/C20H20N4O2/c1-13-5-4-6-15(9-13)24-12-14(10-19(24)25)20(26)21-11-18-22-16-7-2-3-8-17(16)23-18/h2-9,14H,10-12H2,1H3,(H,21,26)(H,22,23). The summed E-state index contributed by atoms with van der Waals surface area (Å²) in [4.78, 5) is 34.1. The summed E-state index contributed by atoms with van der Waals surface area (Å²) >= 11 is 0. The molecule has 0 bridgehead atoms. The highest BCUT2D eigenvalue weighted by Gasteiger charge is 2.35. The molecule has 0 radical (unpaired) electrons. The Bertz CT molecular complexity index is 946. The predicted octanol–water partition coefficient (Wildman–Crippen LogP) is 2.54. The Morgan fingerprint density at radius 3 is 2.92 bits per heavy atom. The third kappa shape index (κ3) is 3.18. The van der Waals surface area contributed by atoms with E-state index in [0.717, 1.165) is 22.3 Å². The number of rotatable bonds is 4. The lowest BCUT2D eigenvalue weighted by atomic mass is 10.1. The monoisotopic (exact) mass is 348 g/mol. The molecule has 0 spiro atoms. The highest BCUT2D eigenvalue weighted by Crippen LogP contribution is 2.25. The number of anilines is 1. The van der Waals surface area contributed by atoms with Gasteiger partial charge in [-0.05, 0) is 36.8 Å². The number of amides is 2. The molecule has 2 N–H and O–H groups in total. The summed E-state index contributed by atoms with van der Waals surface area (Å²) in [5, 5.41) is 2.89. The highest BCUT2D eigenvalue weighted by atomic mass is 16.2. The van der Waals surface area contributed by atoms with Crippen LogP contribution in [0.3, 0.4) is 0 Å². The van der Waals surface area contributed by atoms with Crippen LogP contribution in [0.15, 0.2) is 48.5 Å². The van der Waals surface area contributed by atoms with Crippen LogP contribution < -0.4 is 10.2 Å². The molecule has 1 aliphatic rings. The van der Waals surface area contributed by atoms with Crippen LogP contribution in [-0.4, -0.2) is 28.3 Å². The SMILES string of the molecule is Cc1cccc(N2CC(C(=O)NCc3nc4ccccc4[nH]3)CC2=O)c1. The van der Waals surface area contributed by atoms with Gasteiger partial charge in [-0.1, -0.05) is 24.3 Å². The van der Waals surface area contributed by atoms with E-state index in [2.05, 4.69) is 15.3 Å². The Hall–Kier alpha value is -3.15. The average molecular weight is 348 g/mol. The van der Waals surface area contributed by atoms with E-state index in [1.54, 1.807) is 4.90 Å². The maximum Gasteiger partial charge on any atom is 0.227 e. The topological polar surface area (TPSA) is 78.1 Å². The largest absolute Gasteiger partial charge is 0.349 e. The molecule has 4 rings (SSSR count). The summed E-state index contributed by atoms with van der Waals surface area (Å²) in [6, 6.07) is 15.5. The molecule has 0 aliphatic carbocycles. The molecule has 2 amide bonds. The summed E-state index contributed by atoms with van der Waals surface area (Å²) in [5.41, 5.74) is 3.76. The maximum absolute atomic E-state index is 12.5. The number of hydrogen-bond donors (Lipinski definition) is 2. The van der Waals surface area contributed by atoms with Gasteiger partial charge < -0.3 is 15.2 Å². The lowest BCUT2D eigenvalue weighted by Gasteiger charge is -2.17. The van der Waals surface area contributed by atoms with Gasteiger partial charge in [0, 0.05) is 18.7 Å². The first-order chi connectivity index (χ1) is 12.6. The Labute approximate surface area is 151 Å². The predicted molar refractivity (Wildman–Crippen MR) is 99.6 cm³/mol. The van der Waals surface area contributed by atoms with Crippen molar-refractivity contribution >= 4 is 28.5 Å². The van der Waals surface area contributed by atoms with Crippen LogP contribution in [0.25, 0.3) is 11.0 Å². The zero-order chi connectivity index (χ0) is 18.1. The van der Waals surface area contributed by atoms with E-state index < -0.39 is 0 Å². The van der Waals surface area contributed by atoms with E-state index in [1.807, 2.05) is 55.5 Å². The Balaban J connectivity index is 1.40. The molecule has 6 heteroatoms. The molecule has 2 heterocycles. The van der Waals surface area contributed by atoms with Crippen molar-refractivity contribution in [2.45, 2.75) is 19.9 Å². The zero-order valence-electron chi connectivity index (χ0n) is 14.5. The fourth-order valence-corrected chi connectivity index (χ4v) is 3.33. The van der Waals surface area contributed by atoms with Gasteiger partial charge in [0.1, 0.15) is 5.82 Å². The quantitative estimate of drug-likeness (QED) is 0.760. The lowest BCUT2D eigenvalue weighted by Crippen LogP contribution is -2.32. The van der Waals surface area contributed by atoms with Crippen LogP contribution >= 0.6 is 0 Å². The summed E-state index contributed by atoms with van der Waals surface area (Å²) in [7, 11) is 0. The van der Waals surface area contributed by atoms with Crippen molar-refractivity contribution in [3.8, 4) is 0 Å². The van der Waals surface area contributed by atoms with Gasteiger partial charge in [0.05, 0.1) is 23.5 Å². The van der Waals surface area contributed by atoms with E-state index in [-0.39, 0.29) is 24.2 Å². The molecule has 2 aromatic carbocycles. The molecular formula is C20H20N4O2. The van der Waals surface area contributed by atoms with Crippen molar-refractivity contribution in [1.82, 2.24) is 15.3 Å². The molecule has 6 nitrogen and oxygen atoms in total. The molecule has 1 saturated heterocycles. The van der Waals surface area contributed by atoms with Gasteiger partial charge >= 0.3 is 0 Å². The second kappa shape index (κ2) is 6.63. The number of carbonyl (C=O) groups is 2. The summed E-state index contributed by atoms with van der Waals surface area (Å²) in [6.07, 6.45) is 0.236. The van der Waals surface area contributed by atoms with Crippen LogP contribution in [0.5, 0.6) is 0 Å². The number of hydrogen-bond acceptors (Lipinski definition) is 3. The van der Waals surface area contributed by atoms with E-state index in [0.29, 0.717) is 18.9 Å². The minimum absolute atomic E-state index is 0.0144. The van der Waals surface area contributed by atoms with Gasteiger partial charge in [0.2, 0.25) is 11.8 Å². The maximum atomic E-state index is 12.5. The van der Waals surface area contributed by atoms with Gasteiger partial charge in [-0.25, -0.2) is 4.98 Å². The third-order valence-electron chi connectivity index (χ3n) is 4.68. The van der Waals surface area contributed by atoms with Crippen LogP contribution in [0.4, 0.5) is 5.69 Å². The Morgan fingerprint density at radius 2 is 2.12 bits per heavy atom. The zero-order valence-corrected chi connectivity index (χ0v) is 14.5. The van der Waals surface area contributed by atoms with Crippen molar-refractivity contribution in [1.29, 1.82) is 0 Å². The van der Waals surface area contributed by atoms with Gasteiger partial charge in [-0.15, -0.1) is 0 Å². The number of nitrogens with one attached hydrogen (secondary N) is 2. The number of aromatic nitrogens is 2. The number of imidazole rings is 1. The van der Waals surface area contributed by atoms with Crippen molar-refractivity contribution in [3.05, 3.63) is 59.9 Å². The molecule has 26 heavy (non-hydrogen) atoms. The first-order valence-corrected chi connectivity index (χ1v) is 8.68. The highest BCUT2D eigenvalue weighted by molar-refractivity contribution is 6.00. The average Bonchev–Trinajstić information content (AvgIpc) is 3.22. The molecular weight excluding hydrogens is 328 g/mol. The normalized spacial score (nSPS) is 17.0. The van der Waals surface area contributed by atoms with E-state index in [4.69, 9.17) is 0 Å². The summed E-state index contributed by atoms with van der Waals surface area (Å²) < 4.78 is 0. The molecule has 1 atom stereocenters. The Morgan fingerprint density at radius 1 is 1.27 bits per heavy atom. The van der Waals surface area contributed by atoms with Crippen LogP contribution in [0.2, 0.25) is 0 Å². The molecule has 1 fully saturated rings. The summed E-state index contributed by atoms with van der Waals surface area (Å²) in [6.45, 7) is 2.72. The minimum atomic E-state index is -0.340. The van der Waals surface area contributed by atoms with Crippen LogP contribution in [0.1, 0.15) is 17.8 Å². The van der Waals surface area contributed by atoms with Crippen molar-refractivity contribution in [2.75, 3.05) is 11.4 Å². The van der Waals surface area contributed by atoms with Gasteiger partial charge in [0.25, 0.3) is 0 Å². The van der Waals surface area contributed by atoms with Crippen molar-refractivity contribution in [2.24, 2.45) is 5.92 Å². The second-order valence-corrected chi connectivity index (χ2v) is 6.66. The number of benzene rings is 2. The number of carbonyl (C=O) groups excluding carboxylic acids is 2. The molecule has 3 aromatic rings. The molecule has 1 aliphatic heterocycles. The number of aryl methyl sites for hydroxylation is 1. The van der Waals surface area contributed by atoms with Crippen molar-refractivity contribution < 1.29 is 9.59 Å². The van der Waals surface area contributed by atoms with E-state index in [1.165, 1.54) is 0 Å². The number of para-hydroxylation sites is 2. The van der Waals surface area contributed by atoms with Gasteiger partial charge in [-0.2, -0.15) is 0 Å². The number of H-pyrrole nitrogens is 1. The number of nitrogens with zero attached hydrogens (tertiary/aromatic N) is 2. The number of aromatic amines is 1. The van der Waals surface area contributed by atoms with Crippen LogP contribution in [0, 0.1) is 12.8 Å². The lowest BCUT2D eigenvalue weighted by molar-refractivity contribution is -0.126. The first-order valence-electron chi connectivity index (χ1n) is 8.68. The van der Waals surface area contributed by atoms with E-state index in [9.17, 15) is 9.59 Å². The van der Waals surface area contributed by atoms with Crippen LogP contribution in [-0.2, 0) is 16.1 Å². The second-order valence-electron chi connectivity index (χ2n) is 6.66.